The largest absolute Gasteiger partial charge is 0.309 e. The molecule has 1 N–H and O–H groups in total. The summed E-state index contributed by atoms with van der Waals surface area (Å²) in [6.07, 6.45) is 9.26. The first kappa shape index (κ1) is 14.5. The van der Waals surface area contributed by atoms with Gasteiger partial charge < -0.3 is 5.32 Å². The van der Waals surface area contributed by atoms with Crippen molar-refractivity contribution >= 4 is 15.9 Å². The Morgan fingerprint density at radius 3 is 2.75 bits per heavy atom. The quantitative estimate of drug-likeness (QED) is 0.896. The third-order valence-electron chi connectivity index (χ3n) is 4.82. The number of aromatic nitrogens is 1. The van der Waals surface area contributed by atoms with Crippen LogP contribution < -0.4 is 5.32 Å². The van der Waals surface area contributed by atoms with Gasteiger partial charge in [-0.25, -0.2) is 0 Å². The first-order valence-corrected chi connectivity index (χ1v) is 8.38. The average molecular weight is 338 g/mol. The second-order valence-electron chi connectivity index (χ2n) is 7.04. The molecule has 0 atom stereocenters. The molecular weight excluding hydrogens is 314 g/mol. The maximum Gasteiger partial charge on any atom is 0.0410 e. The SMILES string of the molecule is CC1(C)CN(Cc2cncc(Br)c2)C2(CCCC2)CN1. The van der Waals surface area contributed by atoms with Crippen molar-refractivity contribution in [3.8, 4) is 0 Å². The summed E-state index contributed by atoms with van der Waals surface area (Å²) >= 11 is 3.53. The summed E-state index contributed by atoms with van der Waals surface area (Å²) < 4.78 is 1.07. The molecule has 0 bridgehead atoms. The molecule has 1 aliphatic heterocycles. The van der Waals surface area contributed by atoms with E-state index in [1.54, 1.807) is 0 Å². The van der Waals surface area contributed by atoms with Gasteiger partial charge in [0, 0.05) is 47.6 Å². The summed E-state index contributed by atoms with van der Waals surface area (Å²) in [5.41, 5.74) is 1.88. The van der Waals surface area contributed by atoms with Gasteiger partial charge in [-0.1, -0.05) is 12.8 Å². The fourth-order valence-electron chi connectivity index (χ4n) is 3.73. The van der Waals surface area contributed by atoms with Crippen molar-refractivity contribution in [1.29, 1.82) is 0 Å². The van der Waals surface area contributed by atoms with Gasteiger partial charge in [0.15, 0.2) is 0 Å². The molecule has 0 unspecified atom stereocenters. The molecule has 2 aliphatic rings. The molecule has 1 saturated heterocycles. The van der Waals surface area contributed by atoms with Gasteiger partial charge >= 0.3 is 0 Å². The van der Waals surface area contributed by atoms with E-state index in [1.165, 1.54) is 31.2 Å². The van der Waals surface area contributed by atoms with Crippen molar-refractivity contribution in [3.05, 3.63) is 28.5 Å². The maximum absolute atomic E-state index is 4.31. The number of nitrogens with one attached hydrogen (secondary N) is 1. The predicted molar refractivity (Wildman–Crippen MR) is 85.6 cm³/mol. The Kier molecular flexibility index (Phi) is 3.91. The molecule has 4 heteroatoms. The molecule has 2 heterocycles. The van der Waals surface area contributed by atoms with Gasteiger partial charge in [-0.2, -0.15) is 0 Å². The summed E-state index contributed by atoms with van der Waals surface area (Å²) in [7, 11) is 0. The minimum Gasteiger partial charge on any atom is -0.309 e. The molecule has 2 fully saturated rings. The van der Waals surface area contributed by atoms with Crippen LogP contribution in [0.1, 0.15) is 45.1 Å². The van der Waals surface area contributed by atoms with Crippen LogP contribution >= 0.6 is 15.9 Å². The van der Waals surface area contributed by atoms with Crippen LogP contribution in [0.4, 0.5) is 0 Å². The zero-order valence-electron chi connectivity index (χ0n) is 12.5. The lowest BCUT2D eigenvalue weighted by Crippen LogP contribution is -2.66. The molecule has 110 valence electrons. The number of hydrogen-bond donors (Lipinski definition) is 1. The average Bonchev–Trinajstić information content (AvgIpc) is 2.84. The van der Waals surface area contributed by atoms with Crippen molar-refractivity contribution in [2.24, 2.45) is 0 Å². The Hall–Kier alpha value is -0.450. The molecule has 0 amide bonds. The van der Waals surface area contributed by atoms with Crippen molar-refractivity contribution in [2.45, 2.75) is 57.2 Å². The summed E-state index contributed by atoms with van der Waals surface area (Å²) in [4.78, 5) is 7.02. The first-order valence-electron chi connectivity index (χ1n) is 7.59. The number of halogens is 1. The van der Waals surface area contributed by atoms with E-state index in [2.05, 4.69) is 51.0 Å². The molecule has 1 spiro atoms. The van der Waals surface area contributed by atoms with E-state index in [4.69, 9.17) is 0 Å². The van der Waals surface area contributed by atoms with Crippen LogP contribution in [0.2, 0.25) is 0 Å². The number of nitrogens with zero attached hydrogens (tertiary/aromatic N) is 2. The molecule has 1 aliphatic carbocycles. The lowest BCUT2D eigenvalue weighted by Gasteiger charge is -2.51. The second kappa shape index (κ2) is 5.39. The van der Waals surface area contributed by atoms with E-state index in [9.17, 15) is 0 Å². The summed E-state index contributed by atoms with van der Waals surface area (Å²) in [6, 6.07) is 2.20. The van der Waals surface area contributed by atoms with Crippen LogP contribution in [-0.4, -0.2) is 34.1 Å². The van der Waals surface area contributed by atoms with Gasteiger partial charge in [-0.3, -0.25) is 9.88 Å². The highest BCUT2D eigenvalue weighted by Gasteiger charge is 2.45. The fourth-order valence-corrected chi connectivity index (χ4v) is 4.14. The Morgan fingerprint density at radius 2 is 2.05 bits per heavy atom. The van der Waals surface area contributed by atoms with Gasteiger partial charge in [0.25, 0.3) is 0 Å². The van der Waals surface area contributed by atoms with E-state index in [0.717, 1.165) is 24.1 Å². The molecule has 20 heavy (non-hydrogen) atoms. The third kappa shape index (κ3) is 2.92. The van der Waals surface area contributed by atoms with Crippen LogP contribution in [0.25, 0.3) is 0 Å². The molecule has 3 nitrogen and oxygen atoms in total. The predicted octanol–water partition coefficient (Wildman–Crippen LogP) is 3.34. The molecule has 0 aromatic carbocycles. The Bertz CT molecular complexity index is 480. The molecule has 1 saturated carbocycles. The van der Waals surface area contributed by atoms with Crippen LogP contribution in [0, 0.1) is 0 Å². The monoisotopic (exact) mass is 337 g/mol. The van der Waals surface area contributed by atoms with Crippen LogP contribution in [0.3, 0.4) is 0 Å². The topological polar surface area (TPSA) is 28.2 Å². The van der Waals surface area contributed by atoms with Gasteiger partial charge in [-0.15, -0.1) is 0 Å². The molecule has 1 aromatic heterocycles. The Morgan fingerprint density at radius 1 is 1.30 bits per heavy atom. The standard InChI is InChI=1S/C16H24BrN3/c1-15(2)12-20(10-13-7-14(17)9-18-8-13)16(11-19-15)5-3-4-6-16/h7-9,19H,3-6,10-12H2,1-2H3. The van der Waals surface area contributed by atoms with Crippen LogP contribution in [0.15, 0.2) is 22.9 Å². The van der Waals surface area contributed by atoms with E-state index in [0.29, 0.717) is 5.54 Å². The second-order valence-corrected chi connectivity index (χ2v) is 7.95. The normalized spacial score (nSPS) is 25.1. The van der Waals surface area contributed by atoms with Crippen molar-refractivity contribution < 1.29 is 0 Å². The van der Waals surface area contributed by atoms with E-state index in [-0.39, 0.29) is 5.54 Å². The van der Waals surface area contributed by atoms with E-state index < -0.39 is 0 Å². The zero-order valence-corrected chi connectivity index (χ0v) is 14.0. The van der Waals surface area contributed by atoms with Gasteiger partial charge in [-0.05, 0) is 54.2 Å². The van der Waals surface area contributed by atoms with Gasteiger partial charge in [0.05, 0.1) is 0 Å². The lowest BCUT2D eigenvalue weighted by molar-refractivity contribution is 0.0121. The summed E-state index contributed by atoms with van der Waals surface area (Å²) in [5, 5.41) is 3.75. The highest BCUT2D eigenvalue weighted by Crippen LogP contribution is 2.39. The fraction of sp³-hybridized carbons (Fsp3) is 0.688. The zero-order chi connectivity index (χ0) is 14.2. The minimum atomic E-state index is 0.202. The molecule has 0 radical (unpaired) electrons. The summed E-state index contributed by atoms with van der Waals surface area (Å²) in [5.74, 6) is 0. The van der Waals surface area contributed by atoms with Crippen molar-refractivity contribution in [1.82, 2.24) is 15.2 Å². The minimum absolute atomic E-state index is 0.202. The Balaban J connectivity index is 1.82. The van der Waals surface area contributed by atoms with Gasteiger partial charge in [0.1, 0.15) is 0 Å². The number of hydrogen-bond acceptors (Lipinski definition) is 3. The van der Waals surface area contributed by atoms with Crippen molar-refractivity contribution in [3.63, 3.8) is 0 Å². The molecular formula is C16H24BrN3. The number of piperazine rings is 1. The smallest absolute Gasteiger partial charge is 0.0410 e. The van der Waals surface area contributed by atoms with Gasteiger partial charge in [0.2, 0.25) is 0 Å². The highest BCUT2D eigenvalue weighted by atomic mass is 79.9. The molecule has 3 rings (SSSR count). The summed E-state index contributed by atoms with van der Waals surface area (Å²) in [6.45, 7) is 7.86. The molecule has 1 aromatic rings. The maximum atomic E-state index is 4.31. The number of rotatable bonds is 2. The van der Waals surface area contributed by atoms with E-state index >= 15 is 0 Å². The van der Waals surface area contributed by atoms with E-state index in [1.807, 2.05) is 12.4 Å². The van der Waals surface area contributed by atoms with Crippen LogP contribution in [0.5, 0.6) is 0 Å². The highest BCUT2D eigenvalue weighted by molar-refractivity contribution is 9.10. The lowest BCUT2D eigenvalue weighted by atomic mass is 9.86. The number of pyridine rings is 1. The first-order chi connectivity index (χ1) is 9.49. The third-order valence-corrected chi connectivity index (χ3v) is 5.26. The Labute approximate surface area is 130 Å². The van der Waals surface area contributed by atoms with Crippen molar-refractivity contribution in [2.75, 3.05) is 13.1 Å². The van der Waals surface area contributed by atoms with Crippen LogP contribution in [-0.2, 0) is 6.54 Å².